The number of ether oxygens (including phenoxy) is 1. The maximum atomic E-state index is 13.4. The van der Waals surface area contributed by atoms with Crippen LogP contribution < -0.4 is 4.74 Å². The molecule has 6 heteroatoms. The van der Waals surface area contributed by atoms with Crippen LogP contribution in [0.5, 0.6) is 11.5 Å². The Bertz CT molecular complexity index is 1460. The first kappa shape index (κ1) is 25.4. The van der Waals surface area contributed by atoms with E-state index in [1.807, 2.05) is 55.6 Å². The fourth-order valence-electron chi connectivity index (χ4n) is 8.20. The van der Waals surface area contributed by atoms with Gasteiger partial charge in [-0.2, -0.15) is 0 Å². The highest BCUT2D eigenvalue weighted by molar-refractivity contribution is 5.92. The molecule has 2 heterocycles. The molecule has 3 aromatic rings. The number of rotatable bonds is 6. The first-order valence-corrected chi connectivity index (χ1v) is 14.4. The van der Waals surface area contributed by atoms with E-state index in [0.717, 1.165) is 49.0 Å². The van der Waals surface area contributed by atoms with E-state index in [0.29, 0.717) is 18.6 Å². The van der Waals surface area contributed by atoms with Gasteiger partial charge in [-0.3, -0.25) is 9.69 Å². The number of carbonyl (C=O) groups is 1. The minimum Gasteiger partial charge on any atom is -0.504 e. The molecule has 6 nitrogen and oxygen atoms in total. The lowest BCUT2D eigenvalue weighted by Crippen LogP contribution is -2.78. The summed E-state index contributed by atoms with van der Waals surface area (Å²) in [5.74, 6) is 0.531. The highest BCUT2D eigenvalue weighted by Gasteiger charge is 2.73. The van der Waals surface area contributed by atoms with E-state index in [1.165, 1.54) is 5.56 Å². The van der Waals surface area contributed by atoms with Crippen molar-refractivity contribution in [1.82, 2.24) is 9.80 Å². The van der Waals surface area contributed by atoms with Crippen molar-refractivity contribution in [3.63, 3.8) is 0 Å². The number of piperidine rings is 1. The van der Waals surface area contributed by atoms with Crippen molar-refractivity contribution >= 4 is 12.0 Å². The second kappa shape index (κ2) is 9.50. The maximum Gasteiger partial charge on any atom is 0.246 e. The molecule has 7 rings (SSSR count). The molecule has 3 aromatic carbocycles. The van der Waals surface area contributed by atoms with Gasteiger partial charge in [-0.25, -0.2) is 0 Å². The van der Waals surface area contributed by atoms with Gasteiger partial charge in [0.1, 0.15) is 6.10 Å². The van der Waals surface area contributed by atoms with Gasteiger partial charge >= 0.3 is 0 Å². The van der Waals surface area contributed by atoms with Gasteiger partial charge in [0.05, 0.1) is 17.1 Å². The fraction of sp³-hybridized carbons (Fsp3) is 0.382. The smallest absolute Gasteiger partial charge is 0.246 e. The minimum atomic E-state index is -1.00. The summed E-state index contributed by atoms with van der Waals surface area (Å²) >= 11 is 0. The molecular weight excluding hydrogens is 500 g/mol. The number of hydrogen-bond donors (Lipinski definition) is 2. The van der Waals surface area contributed by atoms with Crippen molar-refractivity contribution in [3.05, 3.63) is 101 Å². The zero-order chi connectivity index (χ0) is 27.5. The zero-order valence-corrected chi connectivity index (χ0v) is 22.9. The molecule has 40 heavy (non-hydrogen) atoms. The molecule has 4 aliphatic rings. The Labute approximate surface area is 235 Å². The van der Waals surface area contributed by atoms with Crippen LogP contribution in [0.25, 0.3) is 6.08 Å². The molecule has 0 radical (unpaired) electrons. The molecule has 2 aliphatic heterocycles. The highest BCUT2D eigenvalue weighted by Crippen LogP contribution is 2.65. The Kier molecular flexibility index (Phi) is 6.02. The lowest BCUT2D eigenvalue weighted by atomic mass is 9.48. The molecule has 2 bridgehead atoms. The van der Waals surface area contributed by atoms with Gasteiger partial charge in [-0.15, -0.1) is 0 Å². The third-order valence-electron chi connectivity index (χ3n) is 10.1. The summed E-state index contributed by atoms with van der Waals surface area (Å²) in [4.78, 5) is 17.6. The van der Waals surface area contributed by atoms with Crippen molar-refractivity contribution in [2.75, 3.05) is 20.1 Å². The molecule has 206 valence electrons. The number of benzene rings is 3. The highest BCUT2D eigenvalue weighted by atomic mass is 16.5. The van der Waals surface area contributed by atoms with Crippen LogP contribution in [0, 0.1) is 0 Å². The summed E-state index contributed by atoms with van der Waals surface area (Å²) < 4.78 is 6.64. The minimum absolute atomic E-state index is 0.0426. The Hall–Kier alpha value is -3.61. The topological polar surface area (TPSA) is 73.2 Å². The number of nitrogens with zero attached hydrogens (tertiary/aromatic N) is 2. The van der Waals surface area contributed by atoms with Crippen LogP contribution in [0.4, 0.5) is 0 Å². The number of likely N-dealkylation sites (tertiary alicyclic amines) is 1. The number of phenolic OH excluding ortho intramolecular Hbond substituents is 1. The molecule has 1 saturated carbocycles. The molecule has 1 amide bonds. The molecule has 0 unspecified atom stereocenters. The Balaban J connectivity index is 1.22. The molecular formula is C34H36N2O4. The molecule has 1 saturated heterocycles. The second-order valence-electron chi connectivity index (χ2n) is 11.9. The number of phenols is 1. The van der Waals surface area contributed by atoms with Crippen LogP contribution in [0.2, 0.25) is 0 Å². The Morgan fingerprint density at radius 2 is 1.82 bits per heavy atom. The molecule has 0 aromatic heterocycles. The van der Waals surface area contributed by atoms with E-state index in [1.54, 1.807) is 17.0 Å². The van der Waals surface area contributed by atoms with Crippen LogP contribution in [0.3, 0.4) is 0 Å². The van der Waals surface area contributed by atoms with Gasteiger partial charge in [-0.05, 0) is 67.5 Å². The molecule has 5 atom stereocenters. The van der Waals surface area contributed by atoms with Gasteiger partial charge in [0.15, 0.2) is 11.5 Å². The first-order chi connectivity index (χ1) is 19.4. The summed E-state index contributed by atoms with van der Waals surface area (Å²) in [6, 6.07) is 23.8. The van der Waals surface area contributed by atoms with Gasteiger partial charge in [0.2, 0.25) is 5.91 Å². The number of hydrogen-bond acceptors (Lipinski definition) is 5. The second-order valence-corrected chi connectivity index (χ2v) is 11.9. The SMILES string of the molecule is CN(C(=O)C=Cc1ccccc1)[C@H]1CC[C@@]2(O)[C@H]3Cc4ccc(O)c5c4[C@@]2(CCN3CCc2ccccc2)[C@H]1O5. The largest absolute Gasteiger partial charge is 0.504 e. The van der Waals surface area contributed by atoms with Crippen LogP contribution in [-0.2, 0) is 23.1 Å². The summed E-state index contributed by atoms with van der Waals surface area (Å²) in [5.41, 5.74) is 2.73. The van der Waals surface area contributed by atoms with Crippen LogP contribution in [0.15, 0.2) is 78.9 Å². The van der Waals surface area contributed by atoms with Crippen molar-refractivity contribution in [2.45, 2.75) is 61.3 Å². The van der Waals surface area contributed by atoms with Crippen LogP contribution >= 0.6 is 0 Å². The average Bonchev–Trinajstić information content (AvgIpc) is 3.33. The summed E-state index contributed by atoms with van der Waals surface area (Å²) in [5, 5.41) is 23.6. The van der Waals surface area contributed by atoms with Gasteiger partial charge in [0, 0.05) is 31.3 Å². The standard InChI is InChI=1S/C34H36N2O4/c1-35(29(38)15-12-23-8-4-2-5-9-23)26-16-18-34(39)28-22-25-13-14-27(37)31-30(25)33(34,32(26)40-31)19-21-36(28)20-17-24-10-6-3-7-11-24/h2-15,26,28,32,37,39H,16-22H2,1H3/t26-,28+,32-,33-,34+/m0/s1. The van der Waals surface area contributed by atoms with E-state index >= 15 is 0 Å². The molecule has 2 aliphatic carbocycles. The number of likely N-dealkylation sites (N-methyl/N-ethyl adjacent to an activating group) is 1. The first-order valence-electron chi connectivity index (χ1n) is 14.4. The van der Waals surface area contributed by atoms with Crippen LogP contribution in [-0.4, -0.2) is 69.8 Å². The third kappa shape index (κ3) is 3.66. The van der Waals surface area contributed by atoms with Crippen LogP contribution in [0.1, 0.15) is 41.5 Å². The normalized spacial score (nSPS) is 30.1. The fourth-order valence-corrected chi connectivity index (χ4v) is 8.20. The van der Waals surface area contributed by atoms with E-state index in [2.05, 4.69) is 29.2 Å². The quantitative estimate of drug-likeness (QED) is 0.459. The van der Waals surface area contributed by atoms with E-state index < -0.39 is 17.1 Å². The van der Waals surface area contributed by atoms with E-state index in [4.69, 9.17) is 4.74 Å². The maximum absolute atomic E-state index is 13.4. The van der Waals surface area contributed by atoms with Crippen molar-refractivity contribution in [1.29, 1.82) is 0 Å². The van der Waals surface area contributed by atoms with Crippen molar-refractivity contribution in [3.8, 4) is 11.5 Å². The lowest BCUT2D eigenvalue weighted by Gasteiger charge is -2.64. The third-order valence-corrected chi connectivity index (χ3v) is 10.1. The van der Waals surface area contributed by atoms with Crippen molar-refractivity contribution in [2.24, 2.45) is 0 Å². The predicted octanol–water partition coefficient (Wildman–Crippen LogP) is 4.33. The zero-order valence-electron chi connectivity index (χ0n) is 22.9. The van der Waals surface area contributed by atoms with Gasteiger partial charge < -0.3 is 19.8 Å². The average molecular weight is 537 g/mol. The van der Waals surface area contributed by atoms with Gasteiger partial charge in [-0.1, -0.05) is 66.7 Å². The number of aromatic hydroxyl groups is 1. The summed E-state index contributed by atoms with van der Waals surface area (Å²) in [6.45, 7) is 1.72. The Morgan fingerprint density at radius 3 is 2.60 bits per heavy atom. The molecule has 1 spiro atoms. The summed E-state index contributed by atoms with van der Waals surface area (Å²) in [7, 11) is 1.84. The molecule has 2 N–H and O–H groups in total. The number of aliphatic hydroxyl groups is 1. The number of amides is 1. The van der Waals surface area contributed by atoms with Gasteiger partial charge in [0.25, 0.3) is 0 Å². The number of carbonyl (C=O) groups excluding carboxylic acids is 1. The molecule has 2 fully saturated rings. The van der Waals surface area contributed by atoms with E-state index in [9.17, 15) is 15.0 Å². The Morgan fingerprint density at radius 1 is 1.07 bits per heavy atom. The van der Waals surface area contributed by atoms with Crippen molar-refractivity contribution < 1.29 is 19.7 Å². The summed E-state index contributed by atoms with van der Waals surface area (Å²) in [6.07, 6.45) is 6.64. The predicted molar refractivity (Wildman–Crippen MR) is 154 cm³/mol. The van der Waals surface area contributed by atoms with E-state index in [-0.39, 0.29) is 23.7 Å². The lowest BCUT2D eigenvalue weighted by molar-refractivity contribution is -0.199. The monoisotopic (exact) mass is 536 g/mol.